The van der Waals surface area contributed by atoms with Gasteiger partial charge in [-0.3, -0.25) is 4.79 Å². The first-order valence-corrected chi connectivity index (χ1v) is 7.19. The van der Waals surface area contributed by atoms with Gasteiger partial charge in [0.15, 0.2) is 0 Å². The summed E-state index contributed by atoms with van der Waals surface area (Å²) in [4.78, 5) is 12.3. The summed E-state index contributed by atoms with van der Waals surface area (Å²) >= 11 is 0. The second-order valence-electron chi connectivity index (χ2n) is 5.78. The molecule has 0 amide bonds. The number of fused-ring (bicyclic) bond motifs is 2. The lowest BCUT2D eigenvalue weighted by molar-refractivity contribution is -0.119. The normalized spacial score (nSPS) is 19.7. The van der Waals surface area contributed by atoms with E-state index in [-0.39, 0.29) is 5.92 Å². The second kappa shape index (κ2) is 4.45. The monoisotopic (exact) mass is 260 g/mol. The van der Waals surface area contributed by atoms with Crippen molar-refractivity contribution in [2.75, 3.05) is 0 Å². The number of hydrogen-bond donors (Lipinski definition) is 0. The van der Waals surface area contributed by atoms with Gasteiger partial charge >= 0.3 is 0 Å². The molecule has 0 aromatic heterocycles. The van der Waals surface area contributed by atoms with Gasteiger partial charge in [0, 0.05) is 12.3 Å². The van der Waals surface area contributed by atoms with E-state index in [1.54, 1.807) is 0 Å². The van der Waals surface area contributed by atoms with Crippen molar-refractivity contribution < 1.29 is 4.79 Å². The van der Waals surface area contributed by atoms with Crippen molar-refractivity contribution in [1.82, 2.24) is 0 Å². The minimum absolute atomic E-state index is 0.0757. The maximum atomic E-state index is 12.3. The molecule has 0 bridgehead atoms. The van der Waals surface area contributed by atoms with Crippen LogP contribution in [0.4, 0.5) is 0 Å². The molecule has 0 radical (unpaired) electrons. The Bertz CT molecular complexity index is 724. The Kier molecular flexibility index (Phi) is 2.59. The molecule has 2 aromatic rings. The highest BCUT2D eigenvalue weighted by atomic mass is 16.1. The van der Waals surface area contributed by atoms with Crippen LogP contribution in [-0.2, 0) is 17.6 Å². The first-order valence-electron chi connectivity index (χ1n) is 7.19. The van der Waals surface area contributed by atoms with Crippen LogP contribution in [-0.4, -0.2) is 5.78 Å². The van der Waals surface area contributed by atoms with Gasteiger partial charge in [0.05, 0.1) is 0 Å². The first-order chi connectivity index (χ1) is 9.81. The third kappa shape index (κ3) is 1.82. The summed E-state index contributed by atoms with van der Waals surface area (Å²) in [5.41, 5.74) is 6.57. The van der Waals surface area contributed by atoms with Crippen LogP contribution in [0.25, 0.3) is 6.08 Å². The molecule has 98 valence electrons. The summed E-state index contributed by atoms with van der Waals surface area (Å²) in [6, 6.07) is 16.8. The van der Waals surface area contributed by atoms with Crippen LogP contribution in [0.3, 0.4) is 0 Å². The first kappa shape index (κ1) is 11.7. The molecule has 4 rings (SSSR count). The molecular weight excluding hydrogens is 244 g/mol. The maximum absolute atomic E-state index is 12.3. The Morgan fingerprint density at radius 3 is 2.50 bits per heavy atom. The molecule has 20 heavy (non-hydrogen) atoms. The SMILES string of the molecule is O=C1Cc2ccccc2C1CC1=Cc2ccccc2C1. The van der Waals surface area contributed by atoms with Gasteiger partial charge in [-0.2, -0.15) is 0 Å². The van der Waals surface area contributed by atoms with Gasteiger partial charge in [-0.05, 0) is 35.1 Å². The van der Waals surface area contributed by atoms with Crippen LogP contribution in [0.5, 0.6) is 0 Å². The van der Waals surface area contributed by atoms with Crippen molar-refractivity contribution >= 4 is 11.9 Å². The van der Waals surface area contributed by atoms with Crippen molar-refractivity contribution in [3.8, 4) is 0 Å². The number of carbonyl (C=O) groups is 1. The van der Waals surface area contributed by atoms with E-state index in [1.807, 2.05) is 12.1 Å². The minimum atomic E-state index is 0.0757. The molecule has 0 saturated heterocycles. The number of allylic oxidation sites excluding steroid dienone is 1. The molecule has 0 heterocycles. The molecule has 2 aromatic carbocycles. The van der Waals surface area contributed by atoms with Crippen LogP contribution in [0.2, 0.25) is 0 Å². The molecule has 0 spiro atoms. The van der Waals surface area contributed by atoms with Crippen LogP contribution >= 0.6 is 0 Å². The summed E-state index contributed by atoms with van der Waals surface area (Å²) < 4.78 is 0. The number of carbonyl (C=O) groups excluding carboxylic acids is 1. The molecule has 0 aliphatic heterocycles. The molecular formula is C19H16O. The van der Waals surface area contributed by atoms with Gasteiger partial charge in [-0.15, -0.1) is 0 Å². The predicted molar refractivity (Wildman–Crippen MR) is 80.6 cm³/mol. The Hall–Kier alpha value is -2.15. The lowest BCUT2D eigenvalue weighted by Crippen LogP contribution is -2.07. The fourth-order valence-electron chi connectivity index (χ4n) is 3.49. The van der Waals surface area contributed by atoms with Crippen molar-refractivity contribution in [3.05, 3.63) is 76.4 Å². The third-order valence-electron chi connectivity index (χ3n) is 4.48. The van der Waals surface area contributed by atoms with Crippen LogP contribution in [0.15, 0.2) is 54.1 Å². The summed E-state index contributed by atoms with van der Waals surface area (Å²) in [5.74, 6) is 0.454. The number of hydrogen-bond acceptors (Lipinski definition) is 1. The Morgan fingerprint density at radius 1 is 0.900 bits per heavy atom. The van der Waals surface area contributed by atoms with E-state index in [2.05, 4.69) is 42.5 Å². The summed E-state index contributed by atoms with van der Waals surface area (Å²) in [5, 5.41) is 0. The van der Waals surface area contributed by atoms with E-state index in [4.69, 9.17) is 0 Å². The van der Waals surface area contributed by atoms with Crippen molar-refractivity contribution in [2.45, 2.75) is 25.2 Å². The Balaban J connectivity index is 1.61. The van der Waals surface area contributed by atoms with Crippen molar-refractivity contribution in [1.29, 1.82) is 0 Å². The molecule has 2 aliphatic rings. The van der Waals surface area contributed by atoms with Gasteiger partial charge in [-0.25, -0.2) is 0 Å². The van der Waals surface area contributed by atoms with Crippen molar-refractivity contribution in [3.63, 3.8) is 0 Å². The predicted octanol–water partition coefficient (Wildman–Crippen LogP) is 3.93. The Labute approximate surface area is 119 Å². The Morgan fingerprint density at radius 2 is 1.65 bits per heavy atom. The standard InChI is InChI=1S/C19H16O/c20-19-12-16-7-3-4-8-17(16)18(19)11-13-9-14-5-1-2-6-15(14)10-13/h1-9,18H,10-12H2. The summed E-state index contributed by atoms with van der Waals surface area (Å²) in [6.45, 7) is 0. The highest BCUT2D eigenvalue weighted by molar-refractivity contribution is 5.93. The van der Waals surface area contributed by atoms with E-state index < -0.39 is 0 Å². The minimum Gasteiger partial charge on any atom is -0.299 e. The lowest BCUT2D eigenvalue weighted by Gasteiger charge is -2.11. The molecule has 1 unspecified atom stereocenters. The van der Waals surface area contributed by atoms with E-state index in [9.17, 15) is 4.79 Å². The molecule has 1 atom stereocenters. The number of benzene rings is 2. The van der Waals surface area contributed by atoms with Gasteiger partial charge in [0.2, 0.25) is 0 Å². The molecule has 0 fully saturated rings. The topological polar surface area (TPSA) is 17.1 Å². The summed E-state index contributed by atoms with van der Waals surface area (Å²) in [6.07, 6.45) is 4.76. The second-order valence-corrected chi connectivity index (χ2v) is 5.78. The molecule has 0 saturated carbocycles. The number of ketones is 1. The largest absolute Gasteiger partial charge is 0.299 e. The quantitative estimate of drug-likeness (QED) is 0.799. The number of Topliss-reactive ketones (excluding diaryl/α,β-unsaturated/α-hetero) is 1. The van der Waals surface area contributed by atoms with Gasteiger partial charge in [0.1, 0.15) is 5.78 Å². The fraction of sp³-hybridized carbons (Fsp3) is 0.211. The molecule has 1 heteroatoms. The zero-order valence-corrected chi connectivity index (χ0v) is 11.3. The fourth-order valence-corrected chi connectivity index (χ4v) is 3.49. The average Bonchev–Trinajstić information content (AvgIpc) is 3.00. The van der Waals surface area contributed by atoms with E-state index in [1.165, 1.54) is 27.8 Å². The lowest BCUT2D eigenvalue weighted by atomic mass is 9.92. The number of rotatable bonds is 2. The highest BCUT2D eigenvalue weighted by Gasteiger charge is 2.31. The van der Waals surface area contributed by atoms with Gasteiger partial charge in [0.25, 0.3) is 0 Å². The molecule has 0 N–H and O–H groups in total. The van der Waals surface area contributed by atoms with E-state index >= 15 is 0 Å². The molecule has 2 aliphatic carbocycles. The van der Waals surface area contributed by atoms with Gasteiger partial charge in [-0.1, -0.05) is 60.2 Å². The van der Waals surface area contributed by atoms with E-state index in [0.29, 0.717) is 12.2 Å². The van der Waals surface area contributed by atoms with Crippen LogP contribution in [0, 0.1) is 0 Å². The smallest absolute Gasteiger partial charge is 0.145 e. The average molecular weight is 260 g/mol. The van der Waals surface area contributed by atoms with Crippen LogP contribution in [0.1, 0.15) is 34.6 Å². The maximum Gasteiger partial charge on any atom is 0.145 e. The zero-order chi connectivity index (χ0) is 13.5. The molecule has 1 nitrogen and oxygen atoms in total. The summed E-state index contributed by atoms with van der Waals surface area (Å²) in [7, 11) is 0. The zero-order valence-electron chi connectivity index (χ0n) is 11.3. The van der Waals surface area contributed by atoms with Gasteiger partial charge < -0.3 is 0 Å². The van der Waals surface area contributed by atoms with Crippen molar-refractivity contribution in [2.24, 2.45) is 0 Å². The van der Waals surface area contributed by atoms with E-state index in [0.717, 1.165) is 12.8 Å². The van der Waals surface area contributed by atoms with Crippen LogP contribution < -0.4 is 0 Å². The third-order valence-corrected chi connectivity index (χ3v) is 4.48. The highest BCUT2D eigenvalue weighted by Crippen LogP contribution is 2.38.